The van der Waals surface area contributed by atoms with Crippen molar-refractivity contribution < 1.29 is 8.42 Å². The van der Waals surface area contributed by atoms with E-state index in [1.807, 2.05) is 4.90 Å². The third kappa shape index (κ3) is 2.10. The molecule has 0 atom stereocenters. The van der Waals surface area contributed by atoms with E-state index >= 15 is 0 Å². The minimum atomic E-state index is -3.68. The molecule has 1 aliphatic heterocycles. The molecule has 1 saturated heterocycles. The summed E-state index contributed by atoms with van der Waals surface area (Å²) < 4.78 is 22.6. The minimum Gasteiger partial charge on any atom is -0.370 e. The Labute approximate surface area is 89.0 Å². The third-order valence-corrected chi connectivity index (χ3v) is 3.44. The number of anilines is 1. The van der Waals surface area contributed by atoms with Crippen molar-refractivity contribution in [1.29, 1.82) is 0 Å². The maximum absolute atomic E-state index is 11.3. The van der Waals surface area contributed by atoms with Gasteiger partial charge in [-0.05, 0) is 18.9 Å². The van der Waals surface area contributed by atoms with Crippen LogP contribution in [0, 0.1) is 0 Å². The van der Waals surface area contributed by atoms with Gasteiger partial charge in [-0.3, -0.25) is 4.98 Å². The van der Waals surface area contributed by atoms with Gasteiger partial charge in [-0.15, -0.1) is 0 Å². The maximum Gasteiger partial charge on any atom is 0.241 e. The second-order valence-corrected chi connectivity index (χ2v) is 5.11. The van der Waals surface area contributed by atoms with Gasteiger partial charge in [-0.25, -0.2) is 13.6 Å². The van der Waals surface area contributed by atoms with Crippen LogP contribution in [0.2, 0.25) is 0 Å². The highest BCUT2D eigenvalue weighted by molar-refractivity contribution is 7.89. The lowest BCUT2D eigenvalue weighted by Crippen LogP contribution is -2.23. The van der Waals surface area contributed by atoms with Crippen molar-refractivity contribution in [2.45, 2.75) is 17.7 Å². The summed E-state index contributed by atoms with van der Waals surface area (Å²) in [5.74, 6) is 0. The monoisotopic (exact) mass is 227 g/mol. The molecule has 0 bridgehead atoms. The molecule has 1 aromatic rings. The molecular weight excluding hydrogens is 214 g/mol. The lowest BCUT2D eigenvalue weighted by molar-refractivity contribution is 0.597. The number of nitrogens with zero attached hydrogens (tertiary/aromatic N) is 2. The van der Waals surface area contributed by atoms with E-state index in [4.69, 9.17) is 5.14 Å². The quantitative estimate of drug-likeness (QED) is 0.790. The van der Waals surface area contributed by atoms with Gasteiger partial charge < -0.3 is 4.90 Å². The van der Waals surface area contributed by atoms with Gasteiger partial charge >= 0.3 is 0 Å². The molecule has 0 aromatic carbocycles. The fourth-order valence-corrected chi connectivity index (χ4v) is 2.51. The van der Waals surface area contributed by atoms with Crippen LogP contribution in [0.4, 0.5) is 5.69 Å². The number of rotatable bonds is 2. The second kappa shape index (κ2) is 3.79. The maximum atomic E-state index is 11.3. The summed E-state index contributed by atoms with van der Waals surface area (Å²) in [6.07, 6.45) is 5.07. The Morgan fingerprint density at radius 1 is 1.33 bits per heavy atom. The van der Waals surface area contributed by atoms with Gasteiger partial charge in [0.1, 0.15) is 4.90 Å². The summed E-state index contributed by atoms with van der Waals surface area (Å²) in [6, 6.07) is 1.70. The second-order valence-electron chi connectivity index (χ2n) is 3.58. The highest BCUT2D eigenvalue weighted by Gasteiger charge is 2.20. The molecule has 15 heavy (non-hydrogen) atoms. The van der Waals surface area contributed by atoms with E-state index in [0.717, 1.165) is 25.9 Å². The SMILES string of the molecule is NS(=O)(=O)c1cnccc1N1CCCC1. The zero-order valence-corrected chi connectivity index (χ0v) is 9.07. The largest absolute Gasteiger partial charge is 0.370 e. The molecule has 1 aliphatic rings. The Kier molecular flexibility index (Phi) is 2.62. The average molecular weight is 227 g/mol. The van der Waals surface area contributed by atoms with Crippen LogP contribution in [0.1, 0.15) is 12.8 Å². The van der Waals surface area contributed by atoms with Gasteiger partial charge in [-0.2, -0.15) is 0 Å². The molecule has 0 saturated carbocycles. The molecule has 82 valence electrons. The zero-order chi connectivity index (χ0) is 10.9. The number of primary sulfonamides is 1. The van der Waals surface area contributed by atoms with Crippen LogP contribution >= 0.6 is 0 Å². The standard InChI is InChI=1S/C9H13N3O2S/c10-15(13,14)9-7-11-4-3-8(9)12-5-1-2-6-12/h3-4,7H,1-2,5-6H2,(H2,10,13,14). The van der Waals surface area contributed by atoms with Crippen LogP contribution in [0.15, 0.2) is 23.4 Å². The number of pyridine rings is 1. The van der Waals surface area contributed by atoms with Crippen molar-refractivity contribution in [3.63, 3.8) is 0 Å². The molecule has 1 aromatic heterocycles. The summed E-state index contributed by atoms with van der Waals surface area (Å²) in [5, 5.41) is 5.13. The van der Waals surface area contributed by atoms with Crippen molar-refractivity contribution in [3.05, 3.63) is 18.5 Å². The summed E-state index contributed by atoms with van der Waals surface area (Å²) >= 11 is 0. The lowest BCUT2D eigenvalue weighted by atomic mass is 10.4. The number of hydrogen-bond donors (Lipinski definition) is 1. The molecule has 0 spiro atoms. The Hall–Kier alpha value is -1.14. The van der Waals surface area contributed by atoms with Crippen molar-refractivity contribution in [2.24, 2.45) is 5.14 Å². The first-order chi connectivity index (χ1) is 7.09. The molecule has 0 aliphatic carbocycles. The number of aromatic nitrogens is 1. The van der Waals surface area contributed by atoms with E-state index in [0.29, 0.717) is 5.69 Å². The van der Waals surface area contributed by atoms with Crippen LogP contribution in [0.5, 0.6) is 0 Å². The van der Waals surface area contributed by atoms with Gasteiger partial charge in [0.05, 0.1) is 5.69 Å². The van der Waals surface area contributed by atoms with Gasteiger partial charge in [-0.1, -0.05) is 0 Å². The number of nitrogens with two attached hydrogens (primary N) is 1. The summed E-state index contributed by atoms with van der Waals surface area (Å²) in [7, 11) is -3.68. The normalized spacial score (nSPS) is 17.0. The third-order valence-electron chi connectivity index (χ3n) is 2.52. The fraction of sp³-hybridized carbons (Fsp3) is 0.444. The predicted molar refractivity (Wildman–Crippen MR) is 57.1 cm³/mol. The Morgan fingerprint density at radius 3 is 2.60 bits per heavy atom. The molecule has 6 heteroatoms. The summed E-state index contributed by atoms with van der Waals surface area (Å²) in [4.78, 5) is 5.94. The fourth-order valence-electron chi connectivity index (χ4n) is 1.81. The smallest absolute Gasteiger partial charge is 0.241 e. The van der Waals surface area contributed by atoms with E-state index in [1.165, 1.54) is 6.20 Å². The molecule has 2 heterocycles. The van der Waals surface area contributed by atoms with Gasteiger partial charge in [0, 0.05) is 25.5 Å². The average Bonchev–Trinajstić information content (AvgIpc) is 2.69. The minimum absolute atomic E-state index is 0.118. The molecule has 0 radical (unpaired) electrons. The Balaban J connectivity index is 2.46. The van der Waals surface area contributed by atoms with Crippen molar-refractivity contribution in [2.75, 3.05) is 18.0 Å². The highest BCUT2D eigenvalue weighted by Crippen LogP contribution is 2.25. The van der Waals surface area contributed by atoms with Crippen LogP contribution in [-0.2, 0) is 10.0 Å². The van der Waals surface area contributed by atoms with E-state index < -0.39 is 10.0 Å². The van der Waals surface area contributed by atoms with E-state index in [1.54, 1.807) is 12.3 Å². The van der Waals surface area contributed by atoms with Crippen molar-refractivity contribution >= 4 is 15.7 Å². The topological polar surface area (TPSA) is 76.3 Å². The van der Waals surface area contributed by atoms with E-state index in [2.05, 4.69) is 4.98 Å². The predicted octanol–water partition coefficient (Wildman–Crippen LogP) is 0.329. The molecular formula is C9H13N3O2S. The first-order valence-corrected chi connectivity index (χ1v) is 6.35. The Morgan fingerprint density at radius 2 is 2.00 bits per heavy atom. The molecule has 0 amide bonds. The number of sulfonamides is 1. The van der Waals surface area contributed by atoms with Crippen molar-refractivity contribution in [1.82, 2.24) is 4.98 Å². The molecule has 1 fully saturated rings. The number of hydrogen-bond acceptors (Lipinski definition) is 4. The first-order valence-electron chi connectivity index (χ1n) is 4.81. The summed E-state index contributed by atoms with van der Waals surface area (Å²) in [5.41, 5.74) is 0.671. The van der Waals surface area contributed by atoms with Crippen LogP contribution in [-0.4, -0.2) is 26.5 Å². The van der Waals surface area contributed by atoms with Gasteiger partial charge in [0.15, 0.2) is 0 Å². The van der Waals surface area contributed by atoms with Crippen LogP contribution < -0.4 is 10.0 Å². The first kappa shape index (κ1) is 10.4. The van der Waals surface area contributed by atoms with Crippen LogP contribution in [0.3, 0.4) is 0 Å². The van der Waals surface area contributed by atoms with Crippen molar-refractivity contribution in [3.8, 4) is 0 Å². The Bertz CT molecular complexity index is 452. The van der Waals surface area contributed by atoms with Gasteiger partial charge in [0.25, 0.3) is 0 Å². The van der Waals surface area contributed by atoms with Crippen LogP contribution in [0.25, 0.3) is 0 Å². The summed E-state index contributed by atoms with van der Waals surface area (Å²) in [6.45, 7) is 1.76. The zero-order valence-electron chi connectivity index (χ0n) is 8.26. The highest BCUT2D eigenvalue weighted by atomic mass is 32.2. The molecule has 2 rings (SSSR count). The van der Waals surface area contributed by atoms with Gasteiger partial charge in [0.2, 0.25) is 10.0 Å². The lowest BCUT2D eigenvalue weighted by Gasteiger charge is -2.19. The molecule has 2 N–H and O–H groups in total. The van der Waals surface area contributed by atoms with E-state index in [-0.39, 0.29) is 4.90 Å². The molecule has 0 unspecified atom stereocenters. The van der Waals surface area contributed by atoms with E-state index in [9.17, 15) is 8.42 Å². The molecule has 5 nitrogen and oxygen atoms in total.